The molecule has 4 heterocycles. The standard InChI is InChI=1S/C34H38BrN3O7/c1-19(2)25(18-39)38-30-32(42)37(23-13-12-21-9-6-7-10-22(21)15-23)14-8-4-5-11-26(40)36-17-20(3)44-33(43)27-28(31(38)41)34(30)16-24(35)29(27)45-34/h4,6-10,12-13,15-16,19-20,25,27-30,39H,5,11,14,17-18H2,1-3H3,(H,36,40)/b8-4-/t20-,25+,27+,28-,29+,30+,34-/m1/s1. The van der Waals surface area contributed by atoms with Gasteiger partial charge in [-0.3, -0.25) is 19.2 Å². The van der Waals surface area contributed by atoms with Gasteiger partial charge in [-0.15, -0.1) is 0 Å². The summed E-state index contributed by atoms with van der Waals surface area (Å²) in [6, 6.07) is 11.7. The highest BCUT2D eigenvalue weighted by Crippen LogP contribution is 2.59. The lowest BCUT2D eigenvalue weighted by Crippen LogP contribution is -2.59. The van der Waals surface area contributed by atoms with Gasteiger partial charge in [0.15, 0.2) is 0 Å². The van der Waals surface area contributed by atoms with Crippen LogP contribution in [0.5, 0.6) is 0 Å². The summed E-state index contributed by atoms with van der Waals surface area (Å²) < 4.78 is 12.9. The molecule has 1 spiro atoms. The van der Waals surface area contributed by atoms with E-state index in [1.54, 1.807) is 17.9 Å². The number of rotatable bonds is 4. The number of amides is 3. The summed E-state index contributed by atoms with van der Waals surface area (Å²) in [5.41, 5.74) is -0.842. The maximum Gasteiger partial charge on any atom is 0.313 e. The Hall–Kier alpha value is -3.54. The molecule has 2 aromatic rings. The van der Waals surface area contributed by atoms with Crippen LogP contribution in [0.25, 0.3) is 10.8 Å². The van der Waals surface area contributed by atoms with Gasteiger partial charge in [0.25, 0.3) is 5.91 Å². The lowest BCUT2D eigenvalue weighted by atomic mass is 9.74. The van der Waals surface area contributed by atoms with E-state index in [0.717, 1.165) is 10.8 Å². The van der Waals surface area contributed by atoms with Crippen molar-refractivity contribution in [2.75, 3.05) is 24.6 Å². The van der Waals surface area contributed by atoms with Crippen LogP contribution in [0.2, 0.25) is 0 Å². The molecule has 0 radical (unpaired) electrons. The molecule has 4 aliphatic heterocycles. The summed E-state index contributed by atoms with van der Waals surface area (Å²) in [5.74, 6) is -3.91. The first-order chi connectivity index (χ1) is 21.6. The summed E-state index contributed by atoms with van der Waals surface area (Å²) in [6.07, 6.45) is 4.67. The van der Waals surface area contributed by atoms with E-state index in [1.807, 2.05) is 68.5 Å². The molecule has 45 heavy (non-hydrogen) atoms. The average molecular weight is 681 g/mol. The Bertz CT molecular complexity index is 1590. The number of benzene rings is 2. The smallest absolute Gasteiger partial charge is 0.313 e. The Kier molecular flexibility index (Phi) is 8.62. The lowest BCUT2D eigenvalue weighted by Gasteiger charge is -2.40. The highest BCUT2D eigenvalue weighted by Gasteiger charge is 2.75. The number of anilines is 1. The molecule has 238 valence electrons. The molecule has 5 bridgehead atoms. The Morgan fingerprint density at radius 1 is 1.07 bits per heavy atom. The lowest BCUT2D eigenvalue weighted by molar-refractivity contribution is -0.159. The molecule has 0 saturated carbocycles. The maximum atomic E-state index is 15.1. The zero-order chi connectivity index (χ0) is 32.0. The van der Waals surface area contributed by atoms with Gasteiger partial charge in [-0.1, -0.05) is 72.3 Å². The molecule has 2 saturated heterocycles. The van der Waals surface area contributed by atoms with Gasteiger partial charge in [0.1, 0.15) is 29.8 Å². The summed E-state index contributed by atoms with van der Waals surface area (Å²) in [6.45, 7) is 5.37. The topological polar surface area (TPSA) is 125 Å². The number of aliphatic hydroxyl groups is 1. The number of carbonyl (C=O) groups excluding carboxylic acids is 4. The fourth-order valence-electron chi connectivity index (χ4n) is 7.17. The van der Waals surface area contributed by atoms with Crippen LogP contribution in [-0.4, -0.2) is 83.3 Å². The van der Waals surface area contributed by atoms with Crippen molar-refractivity contribution >= 4 is 56.1 Å². The van der Waals surface area contributed by atoms with Crippen LogP contribution in [0.1, 0.15) is 33.6 Å². The summed E-state index contributed by atoms with van der Waals surface area (Å²) in [4.78, 5) is 58.9. The molecule has 2 fully saturated rings. The maximum absolute atomic E-state index is 15.1. The van der Waals surface area contributed by atoms with Crippen LogP contribution in [0.3, 0.4) is 0 Å². The minimum absolute atomic E-state index is 0.121. The number of nitrogens with one attached hydrogen (secondary N) is 1. The van der Waals surface area contributed by atoms with Crippen LogP contribution >= 0.6 is 15.9 Å². The third kappa shape index (κ3) is 5.38. The summed E-state index contributed by atoms with van der Waals surface area (Å²) in [7, 11) is 0. The van der Waals surface area contributed by atoms with Gasteiger partial charge in [-0.25, -0.2) is 0 Å². The molecule has 11 heteroatoms. The van der Waals surface area contributed by atoms with Gasteiger partial charge in [0, 0.05) is 23.1 Å². The number of allylic oxidation sites excluding steroid dienone is 1. The van der Waals surface area contributed by atoms with Gasteiger partial charge < -0.3 is 29.7 Å². The molecule has 2 N–H and O–H groups in total. The highest BCUT2D eigenvalue weighted by molar-refractivity contribution is 9.11. The average Bonchev–Trinajstić information content (AvgIpc) is 3.60. The first-order valence-electron chi connectivity index (χ1n) is 15.5. The number of fused-ring (bicyclic) bond motifs is 3. The van der Waals surface area contributed by atoms with Gasteiger partial charge in [0.2, 0.25) is 11.8 Å². The summed E-state index contributed by atoms with van der Waals surface area (Å²) >= 11 is 3.57. The van der Waals surface area contributed by atoms with Crippen molar-refractivity contribution in [2.24, 2.45) is 17.8 Å². The normalized spacial score (nSPS) is 32.0. The fraction of sp³-hybridized carbons (Fsp3) is 0.471. The number of likely N-dealkylation sites (tertiary alicyclic amines) is 1. The number of halogens is 1. The molecule has 3 amide bonds. The molecule has 0 unspecified atom stereocenters. The van der Waals surface area contributed by atoms with Crippen LogP contribution in [0.15, 0.2) is 65.2 Å². The second-order valence-corrected chi connectivity index (χ2v) is 13.5. The van der Waals surface area contributed by atoms with E-state index in [9.17, 15) is 19.5 Å². The van der Waals surface area contributed by atoms with Crippen LogP contribution < -0.4 is 10.2 Å². The largest absolute Gasteiger partial charge is 0.460 e. The molecule has 2 aromatic carbocycles. The van der Waals surface area contributed by atoms with Crippen molar-refractivity contribution in [2.45, 2.75) is 63.5 Å². The van der Waals surface area contributed by atoms with Gasteiger partial charge in [-0.2, -0.15) is 0 Å². The molecular weight excluding hydrogens is 642 g/mol. The van der Waals surface area contributed by atoms with Crippen molar-refractivity contribution in [1.29, 1.82) is 0 Å². The van der Waals surface area contributed by atoms with Crippen molar-refractivity contribution in [3.05, 3.63) is 65.2 Å². The van der Waals surface area contributed by atoms with Gasteiger partial charge >= 0.3 is 5.97 Å². The monoisotopic (exact) mass is 679 g/mol. The van der Waals surface area contributed by atoms with E-state index in [1.165, 1.54) is 4.90 Å². The predicted molar refractivity (Wildman–Crippen MR) is 171 cm³/mol. The summed E-state index contributed by atoms with van der Waals surface area (Å²) in [5, 5.41) is 15.3. The molecule has 0 aliphatic carbocycles. The van der Waals surface area contributed by atoms with Crippen molar-refractivity contribution < 1.29 is 33.8 Å². The van der Waals surface area contributed by atoms with E-state index in [-0.39, 0.29) is 37.9 Å². The number of hydrogen-bond acceptors (Lipinski definition) is 7. The Labute approximate surface area is 270 Å². The fourth-order valence-corrected chi connectivity index (χ4v) is 7.91. The molecule has 10 nitrogen and oxygen atoms in total. The zero-order valence-corrected chi connectivity index (χ0v) is 27.1. The number of esters is 1. The van der Waals surface area contributed by atoms with E-state index in [4.69, 9.17) is 9.47 Å². The number of nitrogens with zero attached hydrogens (tertiary/aromatic N) is 2. The first kappa shape index (κ1) is 31.4. The second kappa shape index (κ2) is 12.3. The second-order valence-electron chi connectivity index (χ2n) is 12.6. The van der Waals surface area contributed by atoms with Crippen molar-refractivity contribution in [3.63, 3.8) is 0 Å². The third-order valence-corrected chi connectivity index (χ3v) is 10.1. The first-order valence-corrected chi connectivity index (χ1v) is 16.3. The Balaban J connectivity index is 1.51. The molecule has 6 rings (SSSR count). The number of ether oxygens (including phenoxy) is 2. The zero-order valence-electron chi connectivity index (χ0n) is 25.5. The SMILES string of the molecule is CC(C)[C@H](CO)N1C(=O)[C@H]2[C@@H]3C(=O)O[C@H](C)CNC(=O)CC/C=C\CN(c4ccc5ccccc5c4)C(=O)[C@H]1[C@@]21C=C(Br)[C@@H]3O1. The Morgan fingerprint density at radius 3 is 2.56 bits per heavy atom. The number of hydrogen-bond donors (Lipinski definition) is 2. The van der Waals surface area contributed by atoms with Crippen molar-refractivity contribution in [3.8, 4) is 0 Å². The van der Waals surface area contributed by atoms with E-state index >= 15 is 4.79 Å². The molecule has 7 atom stereocenters. The quantitative estimate of drug-likeness (QED) is 0.375. The third-order valence-electron chi connectivity index (χ3n) is 9.39. The minimum atomic E-state index is -1.46. The van der Waals surface area contributed by atoms with Crippen LogP contribution in [0.4, 0.5) is 5.69 Å². The van der Waals surface area contributed by atoms with E-state index < -0.39 is 59.5 Å². The molecule has 0 aromatic heterocycles. The number of cyclic esters (lactones) is 1. The van der Waals surface area contributed by atoms with Crippen LogP contribution in [0, 0.1) is 17.8 Å². The van der Waals surface area contributed by atoms with Crippen LogP contribution in [-0.2, 0) is 28.7 Å². The van der Waals surface area contributed by atoms with E-state index in [2.05, 4.69) is 21.2 Å². The minimum Gasteiger partial charge on any atom is -0.460 e. The highest BCUT2D eigenvalue weighted by atomic mass is 79.9. The van der Waals surface area contributed by atoms with E-state index in [0.29, 0.717) is 16.6 Å². The number of aliphatic hydroxyl groups excluding tert-OH is 1. The Morgan fingerprint density at radius 2 is 1.82 bits per heavy atom. The molecule has 4 aliphatic rings. The van der Waals surface area contributed by atoms with Gasteiger partial charge in [0.05, 0.1) is 25.1 Å². The molecular formula is C34H38BrN3O7. The number of carbonyl (C=O) groups is 4. The van der Waals surface area contributed by atoms with Gasteiger partial charge in [-0.05, 0) is 48.2 Å². The van der Waals surface area contributed by atoms with Crippen molar-refractivity contribution in [1.82, 2.24) is 10.2 Å². The predicted octanol–water partition coefficient (Wildman–Crippen LogP) is 3.46.